The second-order valence-corrected chi connectivity index (χ2v) is 7.08. The molecule has 1 unspecified atom stereocenters. The minimum absolute atomic E-state index is 0.252. The summed E-state index contributed by atoms with van der Waals surface area (Å²) >= 11 is 0. The number of fused-ring (bicyclic) bond motifs is 2. The van der Waals surface area contributed by atoms with E-state index in [4.69, 9.17) is 0 Å². The number of amides is 2. The Labute approximate surface area is 172 Å². The molecule has 154 valence electrons. The molecule has 0 aliphatic carbocycles. The van der Waals surface area contributed by atoms with E-state index in [1.165, 1.54) is 12.4 Å². The van der Waals surface area contributed by atoms with Crippen molar-refractivity contribution in [2.24, 2.45) is 0 Å². The summed E-state index contributed by atoms with van der Waals surface area (Å²) in [5.74, 6) is -0.568. The molecule has 4 heterocycles. The van der Waals surface area contributed by atoms with Crippen molar-refractivity contribution in [1.82, 2.24) is 39.8 Å². The number of nitrogens with one attached hydrogen (secondary N) is 2. The number of hydrogen-bond donors (Lipinski definition) is 2. The smallest absolute Gasteiger partial charge is 0.257 e. The summed E-state index contributed by atoms with van der Waals surface area (Å²) in [4.78, 5) is 34.1. The van der Waals surface area contributed by atoms with Gasteiger partial charge in [-0.1, -0.05) is 6.92 Å². The maximum absolute atomic E-state index is 12.7. The van der Waals surface area contributed by atoms with E-state index in [2.05, 4.69) is 30.8 Å². The Bertz CT molecular complexity index is 1240. The average molecular weight is 406 g/mol. The summed E-state index contributed by atoms with van der Waals surface area (Å²) in [6.07, 6.45) is 7.15. The second-order valence-electron chi connectivity index (χ2n) is 7.08. The molecule has 10 nitrogen and oxygen atoms in total. The third kappa shape index (κ3) is 3.71. The Balaban J connectivity index is 1.44. The molecule has 4 aromatic rings. The zero-order valence-electron chi connectivity index (χ0n) is 17.0. The molecule has 0 saturated carbocycles. The first-order chi connectivity index (χ1) is 14.5. The van der Waals surface area contributed by atoms with Crippen LogP contribution < -0.4 is 10.6 Å². The van der Waals surface area contributed by atoms with Crippen molar-refractivity contribution in [3.8, 4) is 0 Å². The van der Waals surface area contributed by atoms with Gasteiger partial charge in [0.1, 0.15) is 11.1 Å². The number of carbonyl (C=O) groups excluding carboxylic acids is 2. The summed E-state index contributed by atoms with van der Waals surface area (Å²) in [6.45, 7) is 5.93. The fourth-order valence-electron chi connectivity index (χ4n) is 3.11. The number of aryl methyl sites for hydroxylation is 2. The van der Waals surface area contributed by atoms with Crippen LogP contribution in [0.3, 0.4) is 0 Å². The van der Waals surface area contributed by atoms with Crippen LogP contribution in [-0.2, 0) is 0 Å². The van der Waals surface area contributed by atoms with Gasteiger partial charge in [0.05, 0.1) is 12.4 Å². The van der Waals surface area contributed by atoms with Crippen molar-refractivity contribution < 1.29 is 9.59 Å². The molecular formula is C20H22N8O2. The molecule has 30 heavy (non-hydrogen) atoms. The second kappa shape index (κ2) is 7.90. The molecule has 0 spiro atoms. The molecule has 4 rings (SSSR count). The highest BCUT2D eigenvalue weighted by atomic mass is 16.2. The van der Waals surface area contributed by atoms with Crippen LogP contribution in [0.5, 0.6) is 0 Å². The maximum Gasteiger partial charge on any atom is 0.257 e. The van der Waals surface area contributed by atoms with Gasteiger partial charge < -0.3 is 10.6 Å². The first-order valence-corrected chi connectivity index (χ1v) is 9.67. The molecule has 0 aromatic carbocycles. The topological polar surface area (TPSA) is 119 Å². The van der Waals surface area contributed by atoms with Gasteiger partial charge in [-0.15, -0.1) is 0 Å². The molecule has 1 atom stereocenters. The van der Waals surface area contributed by atoms with Crippen LogP contribution in [0.15, 0.2) is 36.9 Å². The van der Waals surface area contributed by atoms with Gasteiger partial charge in [-0.05, 0) is 32.4 Å². The summed E-state index contributed by atoms with van der Waals surface area (Å²) in [5, 5.41) is 14.1. The van der Waals surface area contributed by atoms with Crippen LogP contribution in [0.2, 0.25) is 0 Å². The van der Waals surface area contributed by atoms with Gasteiger partial charge in [-0.25, -0.2) is 19.0 Å². The van der Waals surface area contributed by atoms with Crippen molar-refractivity contribution in [1.29, 1.82) is 0 Å². The molecule has 0 aliphatic heterocycles. The van der Waals surface area contributed by atoms with Crippen molar-refractivity contribution in [2.75, 3.05) is 6.54 Å². The minimum Gasteiger partial charge on any atom is -0.350 e. The van der Waals surface area contributed by atoms with Crippen molar-refractivity contribution in [2.45, 2.75) is 33.2 Å². The molecule has 4 aromatic heterocycles. The number of rotatable bonds is 6. The van der Waals surface area contributed by atoms with Crippen molar-refractivity contribution in [3.63, 3.8) is 0 Å². The Hall–Kier alpha value is -3.82. The Morgan fingerprint density at radius 1 is 0.933 bits per heavy atom. The molecule has 0 radical (unpaired) electrons. The van der Waals surface area contributed by atoms with Crippen molar-refractivity contribution in [3.05, 3.63) is 59.4 Å². The minimum atomic E-state index is -0.288. The highest BCUT2D eigenvalue weighted by Gasteiger charge is 2.19. The van der Waals surface area contributed by atoms with E-state index < -0.39 is 0 Å². The predicted octanol–water partition coefficient (Wildman–Crippen LogP) is 1.33. The van der Waals surface area contributed by atoms with Crippen molar-refractivity contribution >= 4 is 23.1 Å². The Morgan fingerprint density at radius 3 is 2.00 bits per heavy atom. The molecule has 2 amide bonds. The van der Waals surface area contributed by atoms with Gasteiger partial charge in [-0.2, -0.15) is 10.2 Å². The summed E-state index contributed by atoms with van der Waals surface area (Å²) in [6, 6.07) is 3.39. The zero-order valence-corrected chi connectivity index (χ0v) is 17.0. The predicted molar refractivity (Wildman–Crippen MR) is 109 cm³/mol. The number of nitrogens with zero attached hydrogens (tertiary/aromatic N) is 6. The Morgan fingerprint density at radius 2 is 1.47 bits per heavy atom. The van der Waals surface area contributed by atoms with Crippen LogP contribution >= 0.6 is 0 Å². The first kappa shape index (κ1) is 19.5. The number of hydrogen-bond acceptors (Lipinski definition) is 6. The maximum atomic E-state index is 12.7. The lowest BCUT2D eigenvalue weighted by Gasteiger charge is -2.17. The molecule has 0 saturated heterocycles. The fraction of sp³-hybridized carbons (Fsp3) is 0.300. The molecular weight excluding hydrogens is 384 g/mol. The zero-order chi connectivity index (χ0) is 21.3. The molecule has 0 aliphatic rings. The fourth-order valence-corrected chi connectivity index (χ4v) is 3.11. The van der Waals surface area contributed by atoms with Crippen LogP contribution in [0.4, 0.5) is 0 Å². The SMILES string of the molecule is CCC(CNC(=O)c1cnn2ccc(C)nc12)NC(=O)c1cnn2ccc(C)nc12. The lowest BCUT2D eigenvalue weighted by molar-refractivity contribution is 0.0909. The van der Waals surface area contributed by atoms with Gasteiger partial charge in [0, 0.05) is 36.4 Å². The van der Waals surface area contributed by atoms with Gasteiger partial charge in [-0.3, -0.25) is 9.59 Å². The van der Waals surface area contributed by atoms with Gasteiger partial charge in [0.15, 0.2) is 11.3 Å². The van der Waals surface area contributed by atoms with E-state index in [9.17, 15) is 9.59 Å². The largest absolute Gasteiger partial charge is 0.350 e. The van der Waals surface area contributed by atoms with E-state index in [1.54, 1.807) is 21.4 Å². The number of carbonyl (C=O) groups is 2. The van der Waals surface area contributed by atoms with Gasteiger partial charge in [0.2, 0.25) is 0 Å². The monoisotopic (exact) mass is 406 g/mol. The highest BCUT2D eigenvalue weighted by molar-refractivity contribution is 6.00. The van der Waals surface area contributed by atoms with Gasteiger partial charge >= 0.3 is 0 Å². The lowest BCUT2D eigenvalue weighted by Crippen LogP contribution is -2.43. The van der Waals surface area contributed by atoms with E-state index >= 15 is 0 Å². The third-order valence-corrected chi connectivity index (χ3v) is 4.84. The standard InChI is InChI=1S/C20H22N8O2/c1-4-14(26-20(30)16-11-23-28-8-6-13(3)25-18(16)28)9-21-19(29)15-10-22-27-7-5-12(2)24-17(15)27/h5-8,10-11,14H,4,9H2,1-3H3,(H,21,29)(H,26,30). The quantitative estimate of drug-likeness (QED) is 0.499. The normalized spacial score (nSPS) is 12.2. The third-order valence-electron chi connectivity index (χ3n) is 4.84. The summed E-state index contributed by atoms with van der Waals surface area (Å²) in [5.41, 5.74) is 3.38. The van der Waals surface area contributed by atoms with E-state index in [0.717, 1.165) is 11.4 Å². The molecule has 10 heteroatoms. The van der Waals surface area contributed by atoms with Crippen LogP contribution in [0, 0.1) is 13.8 Å². The summed E-state index contributed by atoms with van der Waals surface area (Å²) < 4.78 is 3.12. The van der Waals surface area contributed by atoms with Gasteiger partial charge in [0.25, 0.3) is 11.8 Å². The molecule has 0 bridgehead atoms. The number of aromatic nitrogens is 6. The average Bonchev–Trinajstić information content (AvgIpc) is 3.34. The summed E-state index contributed by atoms with van der Waals surface area (Å²) in [7, 11) is 0. The highest BCUT2D eigenvalue weighted by Crippen LogP contribution is 2.10. The molecule has 2 N–H and O–H groups in total. The lowest BCUT2D eigenvalue weighted by atomic mass is 10.2. The van der Waals surface area contributed by atoms with E-state index in [0.29, 0.717) is 28.8 Å². The van der Waals surface area contributed by atoms with Crippen LogP contribution in [0.25, 0.3) is 11.3 Å². The Kier molecular flexibility index (Phi) is 5.13. The van der Waals surface area contributed by atoms with Crippen LogP contribution in [0.1, 0.15) is 45.4 Å². The van der Waals surface area contributed by atoms with E-state index in [1.807, 2.05) is 32.9 Å². The first-order valence-electron chi connectivity index (χ1n) is 9.67. The van der Waals surface area contributed by atoms with E-state index in [-0.39, 0.29) is 24.4 Å². The molecule has 0 fully saturated rings. The van der Waals surface area contributed by atoms with Crippen LogP contribution in [-0.4, -0.2) is 53.6 Å².